The van der Waals surface area contributed by atoms with Crippen LogP contribution in [-0.2, 0) is 21.4 Å². The fourth-order valence-electron chi connectivity index (χ4n) is 2.05. The molecule has 0 aromatic heterocycles. The van der Waals surface area contributed by atoms with Crippen LogP contribution in [0.1, 0.15) is 18.1 Å². The molecular weight excluding hydrogens is 290 g/mol. The highest BCUT2D eigenvalue weighted by atomic mass is 32.2. The summed E-state index contributed by atoms with van der Waals surface area (Å²) in [6, 6.07) is 4.88. The second-order valence-electron chi connectivity index (χ2n) is 5.09. The second-order valence-corrected chi connectivity index (χ2v) is 7.14. The minimum Gasteiger partial charge on any atom is -0.359 e. The number of sulfonamides is 1. The number of rotatable bonds is 6. The summed E-state index contributed by atoms with van der Waals surface area (Å²) in [6.07, 6.45) is 0. The standard InChI is InChI=1S/C14H23N3O3S/c1-10-7-13(6-5-12(10)8-15)21(19,20)17(4)9-11(2)14(18)16-3/h5-7,11H,8-9,15H2,1-4H3,(H,16,18). The van der Waals surface area contributed by atoms with Crippen LogP contribution in [0.15, 0.2) is 23.1 Å². The summed E-state index contributed by atoms with van der Waals surface area (Å²) >= 11 is 0. The average molecular weight is 313 g/mol. The number of hydrogen-bond donors (Lipinski definition) is 2. The summed E-state index contributed by atoms with van der Waals surface area (Å²) in [6.45, 7) is 4.01. The molecule has 0 aliphatic rings. The van der Waals surface area contributed by atoms with E-state index in [1.54, 1.807) is 25.1 Å². The van der Waals surface area contributed by atoms with Crippen LogP contribution in [0.4, 0.5) is 0 Å². The molecule has 1 aromatic carbocycles. The molecule has 3 N–H and O–H groups in total. The second kappa shape index (κ2) is 7.02. The van der Waals surface area contributed by atoms with Crippen molar-refractivity contribution in [3.63, 3.8) is 0 Å². The van der Waals surface area contributed by atoms with E-state index in [1.807, 2.05) is 6.92 Å². The van der Waals surface area contributed by atoms with Gasteiger partial charge in [-0.05, 0) is 30.2 Å². The monoisotopic (exact) mass is 313 g/mol. The van der Waals surface area contributed by atoms with Crippen molar-refractivity contribution in [3.8, 4) is 0 Å². The zero-order chi connectivity index (χ0) is 16.2. The van der Waals surface area contributed by atoms with E-state index in [0.717, 1.165) is 11.1 Å². The molecular formula is C14H23N3O3S. The lowest BCUT2D eigenvalue weighted by Gasteiger charge is -2.21. The molecule has 1 aromatic rings. The van der Waals surface area contributed by atoms with Crippen LogP contribution in [-0.4, -0.2) is 39.3 Å². The van der Waals surface area contributed by atoms with Crippen molar-refractivity contribution >= 4 is 15.9 Å². The fourth-order valence-corrected chi connectivity index (χ4v) is 3.40. The van der Waals surface area contributed by atoms with Gasteiger partial charge in [0.2, 0.25) is 15.9 Å². The van der Waals surface area contributed by atoms with E-state index in [2.05, 4.69) is 5.32 Å². The Balaban J connectivity index is 2.99. The molecule has 1 unspecified atom stereocenters. The van der Waals surface area contributed by atoms with E-state index in [1.165, 1.54) is 18.4 Å². The number of nitrogens with one attached hydrogen (secondary N) is 1. The van der Waals surface area contributed by atoms with Gasteiger partial charge in [0.25, 0.3) is 0 Å². The summed E-state index contributed by atoms with van der Waals surface area (Å²) in [7, 11) is -0.608. The van der Waals surface area contributed by atoms with Crippen molar-refractivity contribution < 1.29 is 13.2 Å². The number of hydrogen-bond acceptors (Lipinski definition) is 4. The predicted molar refractivity (Wildman–Crippen MR) is 82.1 cm³/mol. The largest absolute Gasteiger partial charge is 0.359 e. The molecule has 0 heterocycles. The molecule has 0 aliphatic carbocycles. The number of nitrogens with zero attached hydrogens (tertiary/aromatic N) is 1. The van der Waals surface area contributed by atoms with Crippen molar-refractivity contribution in [2.45, 2.75) is 25.3 Å². The third-order valence-corrected chi connectivity index (χ3v) is 5.29. The highest BCUT2D eigenvalue weighted by Crippen LogP contribution is 2.19. The van der Waals surface area contributed by atoms with Gasteiger partial charge in [0.15, 0.2) is 0 Å². The van der Waals surface area contributed by atoms with Crippen LogP contribution in [0.3, 0.4) is 0 Å². The lowest BCUT2D eigenvalue weighted by molar-refractivity contribution is -0.124. The maximum absolute atomic E-state index is 12.5. The molecule has 1 amide bonds. The molecule has 21 heavy (non-hydrogen) atoms. The Kier molecular flexibility index (Phi) is 5.88. The Labute approximate surface area is 126 Å². The number of carbonyl (C=O) groups is 1. The van der Waals surface area contributed by atoms with Crippen LogP contribution in [0.2, 0.25) is 0 Å². The molecule has 6 nitrogen and oxygen atoms in total. The van der Waals surface area contributed by atoms with Crippen molar-refractivity contribution in [1.29, 1.82) is 0 Å². The van der Waals surface area contributed by atoms with Gasteiger partial charge in [0.1, 0.15) is 0 Å². The molecule has 118 valence electrons. The summed E-state index contributed by atoms with van der Waals surface area (Å²) in [4.78, 5) is 11.7. The van der Waals surface area contributed by atoms with Crippen molar-refractivity contribution in [2.75, 3.05) is 20.6 Å². The van der Waals surface area contributed by atoms with Gasteiger partial charge in [0.05, 0.1) is 4.90 Å². The molecule has 0 saturated heterocycles. The van der Waals surface area contributed by atoms with E-state index in [9.17, 15) is 13.2 Å². The zero-order valence-electron chi connectivity index (χ0n) is 12.9. The summed E-state index contributed by atoms with van der Waals surface area (Å²) < 4.78 is 26.2. The molecule has 1 atom stereocenters. The molecule has 7 heteroatoms. The molecule has 1 rings (SSSR count). The first kappa shape index (κ1) is 17.6. The first-order valence-electron chi connectivity index (χ1n) is 6.71. The van der Waals surface area contributed by atoms with Crippen LogP contribution in [0.5, 0.6) is 0 Å². The van der Waals surface area contributed by atoms with Crippen molar-refractivity contribution in [1.82, 2.24) is 9.62 Å². The Morgan fingerprint density at radius 3 is 2.52 bits per heavy atom. The van der Waals surface area contributed by atoms with Gasteiger partial charge < -0.3 is 11.1 Å². The van der Waals surface area contributed by atoms with Crippen LogP contribution in [0, 0.1) is 12.8 Å². The molecule has 0 fully saturated rings. The van der Waals surface area contributed by atoms with E-state index in [4.69, 9.17) is 5.73 Å². The van der Waals surface area contributed by atoms with E-state index in [0.29, 0.717) is 6.54 Å². The van der Waals surface area contributed by atoms with Crippen LogP contribution >= 0.6 is 0 Å². The number of carbonyl (C=O) groups excluding carboxylic acids is 1. The van der Waals surface area contributed by atoms with Crippen LogP contribution < -0.4 is 11.1 Å². The minimum atomic E-state index is -3.61. The highest BCUT2D eigenvalue weighted by molar-refractivity contribution is 7.89. The lowest BCUT2D eigenvalue weighted by atomic mass is 10.1. The van der Waals surface area contributed by atoms with Crippen LogP contribution in [0.25, 0.3) is 0 Å². The van der Waals surface area contributed by atoms with E-state index >= 15 is 0 Å². The van der Waals surface area contributed by atoms with Gasteiger partial charge in [-0.15, -0.1) is 0 Å². The molecule has 0 bridgehead atoms. The summed E-state index contributed by atoms with van der Waals surface area (Å²) in [5.74, 6) is -0.606. The third-order valence-electron chi connectivity index (χ3n) is 3.47. The minimum absolute atomic E-state index is 0.125. The maximum atomic E-state index is 12.5. The first-order chi connectivity index (χ1) is 9.73. The smallest absolute Gasteiger partial charge is 0.242 e. The molecule has 0 saturated carbocycles. The molecule has 0 radical (unpaired) electrons. The van der Waals surface area contributed by atoms with Gasteiger partial charge in [-0.3, -0.25) is 4.79 Å². The maximum Gasteiger partial charge on any atom is 0.242 e. The van der Waals surface area contributed by atoms with Crippen molar-refractivity contribution in [3.05, 3.63) is 29.3 Å². The predicted octanol–water partition coefficient (Wildman–Crippen LogP) is 0.456. The lowest BCUT2D eigenvalue weighted by Crippen LogP contribution is -2.37. The number of nitrogens with two attached hydrogens (primary N) is 1. The number of aryl methyl sites for hydroxylation is 1. The van der Waals surface area contributed by atoms with Gasteiger partial charge in [-0.2, -0.15) is 0 Å². The fraction of sp³-hybridized carbons (Fsp3) is 0.500. The Bertz CT molecular complexity index is 614. The average Bonchev–Trinajstić information content (AvgIpc) is 2.45. The topological polar surface area (TPSA) is 92.5 Å². The van der Waals surface area contributed by atoms with E-state index < -0.39 is 15.9 Å². The summed E-state index contributed by atoms with van der Waals surface area (Å²) in [5.41, 5.74) is 7.33. The van der Waals surface area contributed by atoms with Crippen molar-refractivity contribution in [2.24, 2.45) is 11.7 Å². The first-order valence-corrected chi connectivity index (χ1v) is 8.15. The van der Waals surface area contributed by atoms with E-state index in [-0.39, 0.29) is 17.3 Å². The van der Waals surface area contributed by atoms with Gasteiger partial charge >= 0.3 is 0 Å². The third kappa shape index (κ3) is 4.03. The quantitative estimate of drug-likeness (QED) is 0.798. The van der Waals surface area contributed by atoms with Gasteiger partial charge in [0, 0.05) is 33.1 Å². The molecule has 0 spiro atoms. The van der Waals surface area contributed by atoms with Gasteiger partial charge in [-0.25, -0.2) is 12.7 Å². The normalized spacial score (nSPS) is 13.2. The Morgan fingerprint density at radius 2 is 2.05 bits per heavy atom. The van der Waals surface area contributed by atoms with Gasteiger partial charge in [-0.1, -0.05) is 13.0 Å². The highest BCUT2D eigenvalue weighted by Gasteiger charge is 2.24. The Morgan fingerprint density at radius 1 is 1.43 bits per heavy atom. The molecule has 0 aliphatic heterocycles. The zero-order valence-corrected chi connectivity index (χ0v) is 13.7. The number of amides is 1. The summed E-state index contributed by atoms with van der Waals surface area (Å²) in [5, 5.41) is 2.51. The SMILES string of the molecule is CNC(=O)C(C)CN(C)S(=O)(=O)c1ccc(CN)c(C)c1. The Hall–Kier alpha value is -1.44. The number of benzene rings is 1.